The highest BCUT2D eigenvalue weighted by molar-refractivity contribution is 7.17. The van der Waals surface area contributed by atoms with E-state index in [1.807, 2.05) is 0 Å². The average Bonchev–Trinajstić information content (AvgIpc) is 3.38. The summed E-state index contributed by atoms with van der Waals surface area (Å²) in [5, 5.41) is 2.67. The molecule has 0 unspecified atom stereocenters. The molecule has 10 heteroatoms. The van der Waals surface area contributed by atoms with Crippen LogP contribution >= 0.6 is 22.9 Å². The summed E-state index contributed by atoms with van der Waals surface area (Å²) in [5.41, 5.74) is 0.405. The van der Waals surface area contributed by atoms with Gasteiger partial charge in [-0.05, 0) is 68.5 Å². The molecule has 0 saturated heterocycles. The lowest BCUT2D eigenvalue weighted by Crippen LogP contribution is -2.15. The molecule has 0 spiro atoms. The van der Waals surface area contributed by atoms with E-state index in [9.17, 15) is 22.8 Å². The number of benzene rings is 1. The number of alkyl halides is 3. The lowest BCUT2D eigenvalue weighted by Gasteiger charge is -2.12. The van der Waals surface area contributed by atoms with E-state index in [1.165, 1.54) is 29.5 Å². The maximum atomic E-state index is 13.2. The minimum absolute atomic E-state index is 0.0819. The van der Waals surface area contributed by atoms with Crippen LogP contribution in [0.15, 0.2) is 34.7 Å². The van der Waals surface area contributed by atoms with Crippen molar-refractivity contribution in [3.05, 3.63) is 62.7 Å². The number of ether oxygens (including phenoxy) is 1. The first kappa shape index (κ1) is 23.4. The number of rotatable bonds is 5. The molecule has 1 aromatic carbocycles. The molecule has 0 atom stereocenters. The van der Waals surface area contributed by atoms with Crippen molar-refractivity contribution in [2.24, 2.45) is 0 Å². The molecule has 1 N–H and O–H groups in total. The second-order valence-corrected chi connectivity index (χ2v) is 8.96. The fraction of sp³-hybridized carbons (Fsp3) is 0.304. The third-order valence-electron chi connectivity index (χ3n) is 5.26. The molecule has 1 aliphatic rings. The molecule has 0 saturated carbocycles. The van der Waals surface area contributed by atoms with E-state index in [2.05, 4.69) is 5.32 Å². The number of halogens is 4. The van der Waals surface area contributed by atoms with E-state index in [1.54, 1.807) is 6.92 Å². The van der Waals surface area contributed by atoms with Crippen molar-refractivity contribution in [3.63, 3.8) is 0 Å². The molecule has 1 aliphatic carbocycles. The summed E-state index contributed by atoms with van der Waals surface area (Å²) in [4.78, 5) is 26.4. The number of furan rings is 1. The number of carbonyl (C=O) groups excluding carboxylic acids is 2. The van der Waals surface area contributed by atoms with Gasteiger partial charge in [-0.2, -0.15) is 13.2 Å². The van der Waals surface area contributed by atoms with Gasteiger partial charge in [0.05, 0.1) is 22.8 Å². The Hall–Kier alpha value is -2.78. The Kier molecular flexibility index (Phi) is 6.54. The molecule has 0 aliphatic heterocycles. The Morgan fingerprint density at radius 2 is 1.94 bits per heavy atom. The van der Waals surface area contributed by atoms with E-state index in [0.717, 1.165) is 48.3 Å². The van der Waals surface area contributed by atoms with Crippen LogP contribution in [0.5, 0.6) is 0 Å². The lowest BCUT2D eigenvalue weighted by atomic mass is 9.95. The van der Waals surface area contributed by atoms with Crippen LogP contribution in [0.4, 0.5) is 18.2 Å². The number of esters is 1. The zero-order valence-electron chi connectivity index (χ0n) is 17.5. The maximum Gasteiger partial charge on any atom is 0.417 e. The van der Waals surface area contributed by atoms with Crippen molar-refractivity contribution < 1.29 is 31.9 Å². The quantitative estimate of drug-likeness (QED) is 0.386. The molecule has 33 heavy (non-hydrogen) atoms. The van der Waals surface area contributed by atoms with Crippen LogP contribution in [0.2, 0.25) is 5.02 Å². The highest BCUT2D eigenvalue weighted by Gasteiger charge is 2.34. The first-order valence-electron chi connectivity index (χ1n) is 10.3. The molecule has 0 radical (unpaired) electrons. The number of amides is 1. The van der Waals surface area contributed by atoms with Gasteiger partial charge >= 0.3 is 12.1 Å². The number of hydrogen-bond acceptors (Lipinski definition) is 5. The summed E-state index contributed by atoms with van der Waals surface area (Å²) in [6.45, 7) is 1.92. The van der Waals surface area contributed by atoms with Crippen molar-refractivity contribution in [2.75, 3.05) is 11.9 Å². The maximum absolute atomic E-state index is 13.2. The number of aryl methyl sites for hydroxylation is 1. The van der Waals surface area contributed by atoms with Crippen molar-refractivity contribution in [1.82, 2.24) is 0 Å². The average molecular weight is 498 g/mol. The highest BCUT2D eigenvalue weighted by Crippen LogP contribution is 2.40. The van der Waals surface area contributed by atoms with Crippen LogP contribution in [0.25, 0.3) is 11.3 Å². The van der Waals surface area contributed by atoms with E-state index < -0.39 is 28.6 Å². The van der Waals surface area contributed by atoms with Gasteiger partial charge in [0.15, 0.2) is 5.76 Å². The molecule has 2 heterocycles. The smallest absolute Gasteiger partial charge is 0.417 e. The minimum Gasteiger partial charge on any atom is -0.462 e. The zero-order chi connectivity index (χ0) is 23.8. The molecule has 0 fully saturated rings. The molecule has 3 aromatic rings. The Morgan fingerprint density at radius 3 is 2.67 bits per heavy atom. The number of nitrogens with one attached hydrogen (secondary N) is 1. The van der Waals surface area contributed by atoms with Crippen LogP contribution in [0, 0.1) is 0 Å². The van der Waals surface area contributed by atoms with Crippen LogP contribution in [-0.4, -0.2) is 18.5 Å². The first-order valence-corrected chi connectivity index (χ1v) is 11.5. The van der Waals surface area contributed by atoms with Crippen LogP contribution < -0.4 is 5.32 Å². The molecule has 5 nitrogen and oxygen atoms in total. The highest BCUT2D eigenvalue weighted by atomic mass is 35.5. The van der Waals surface area contributed by atoms with Crippen molar-refractivity contribution in [3.8, 4) is 11.3 Å². The Balaban J connectivity index is 1.61. The molecule has 2 aromatic heterocycles. The summed E-state index contributed by atoms with van der Waals surface area (Å²) in [5.74, 6) is -1.13. The topological polar surface area (TPSA) is 68.5 Å². The van der Waals surface area contributed by atoms with Gasteiger partial charge in [0.2, 0.25) is 0 Å². The van der Waals surface area contributed by atoms with Crippen LogP contribution in [0.3, 0.4) is 0 Å². The fourth-order valence-corrected chi connectivity index (χ4v) is 5.25. The van der Waals surface area contributed by atoms with Gasteiger partial charge in [0.1, 0.15) is 10.8 Å². The second-order valence-electron chi connectivity index (χ2n) is 7.45. The van der Waals surface area contributed by atoms with Crippen molar-refractivity contribution in [2.45, 2.75) is 38.8 Å². The predicted molar refractivity (Wildman–Crippen MR) is 119 cm³/mol. The van der Waals surface area contributed by atoms with Crippen molar-refractivity contribution >= 4 is 39.8 Å². The summed E-state index contributed by atoms with van der Waals surface area (Å²) < 4.78 is 50.2. The third-order valence-corrected chi connectivity index (χ3v) is 6.80. The Morgan fingerprint density at radius 1 is 1.18 bits per heavy atom. The van der Waals surface area contributed by atoms with E-state index in [4.69, 9.17) is 20.8 Å². The molecule has 0 bridgehead atoms. The minimum atomic E-state index is -4.62. The monoisotopic (exact) mass is 497 g/mol. The number of fused-ring (bicyclic) bond motifs is 1. The van der Waals surface area contributed by atoms with Gasteiger partial charge in [-0.1, -0.05) is 11.6 Å². The number of anilines is 1. The van der Waals surface area contributed by atoms with Crippen molar-refractivity contribution in [1.29, 1.82) is 0 Å². The normalized spacial score (nSPS) is 13.5. The number of hydrogen-bond donors (Lipinski definition) is 1. The molecule has 174 valence electrons. The van der Waals surface area contributed by atoms with Gasteiger partial charge in [0, 0.05) is 10.4 Å². The van der Waals surface area contributed by atoms with Gasteiger partial charge < -0.3 is 14.5 Å². The van der Waals surface area contributed by atoms with Gasteiger partial charge in [-0.25, -0.2) is 4.79 Å². The van der Waals surface area contributed by atoms with Crippen LogP contribution in [0.1, 0.15) is 56.7 Å². The first-order chi connectivity index (χ1) is 15.7. The number of carbonyl (C=O) groups is 2. The lowest BCUT2D eigenvalue weighted by molar-refractivity contribution is -0.137. The molecular formula is C23H19ClF3NO4S. The zero-order valence-corrected chi connectivity index (χ0v) is 19.0. The summed E-state index contributed by atoms with van der Waals surface area (Å²) >= 11 is 7.00. The largest absolute Gasteiger partial charge is 0.462 e. The predicted octanol–water partition coefficient (Wildman–Crippen LogP) is 6.99. The number of thiophene rings is 1. The summed E-state index contributed by atoms with van der Waals surface area (Å²) in [7, 11) is 0. The van der Waals surface area contributed by atoms with Gasteiger partial charge in [-0.15, -0.1) is 11.3 Å². The summed E-state index contributed by atoms with van der Waals surface area (Å²) in [6, 6.07) is 6.15. The standard InChI is InChI=1S/C23H19ClF3NO4S/c1-2-31-22(30)19-13-5-3-4-6-18(13)33-21(19)28-20(29)17-10-9-16(32-17)12-7-8-15(24)14(11-12)23(25,26)27/h7-11H,2-6H2,1H3,(H,28,29). The fourth-order valence-electron chi connectivity index (χ4n) is 3.75. The Bertz CT molecular complexity index is 1220. The Labute approximate surface area is 196 Å². The third kappa shape index (κ3) is 4.79. The second kappa shape index (κ2) is 9.23. The molecule has 1 amide bonds. The van der Waals surface area contributed by atoms with Crippen LogP contribution in [-0.2, 0) is 23.8 Å². The summed E-state index contributed by atoms with van der Waals surface area (Å²) in [6.07, 6.45) is -1.11. The van der Waals surface area contributed by atoms with Gasteiger partial charge in [0.25, 0.3) is 5.91 Å². The van der Waals surface area contributed by atoms with E-state index in [0.29, 0.717) is 10.6 Å². The molecule has 4 rings (SSSR count). The van der Waals surface area contributed by atoms with E-state index in [-0.39, 0.29) is 23.7 Å². The van der Waals surface area contributed by atoms with Gasteiger partial charge in [-0.3, -0.25) is 4.79 Å². The SMILES string of the molecule is CCOC(=O)c1c(NC(=O)c2ccc(-c3ccc(Cl)c(C(F)(F)F)c3)o2)sc2c1CCCC2. The molecular weight excluding hydrogens is 479 g/mol. The van der Waals surface area contributed by atoms with E-state index >= 15 is 0 Å².